The van der Waals surface area contributed by atoms with Gasteiger partial charge in [0.15, 0.2) is 12.4 Å². The molecule has 3 N–H and O–H groups in total. The van der Waals surface area contributed by atoms with Crippen molar-refractivity contribution in [2.24, 2.45) is 5.92 Å². The number of nitrogens with one attached hydrogen (secondary N) is 1. The number of nitrogens with two attached hydrogens (primary N) is 1. The summed E-state index contributed by atoms with van der Waals surface area (Å²) in [5, 5.41) is 3.17. The highest BCUT2D eigenvalue weighted by Crippen LogP contribution is 2.27. The maximum absolute atomic E-state index is 12.0. The van der Waals surface area contributed by atoms with Crippen molar-refractivity contribution >= 4 is 23.6 Å². The lowest BCUT2D eigenvalue weighted by molar-refractivity contribution is -0.146. The van der Waals surface area contributed by atoms with E-state index in [2.05, 4.69) is 27.2 Å². The molecule has 0 unspecified atom stereocenters. The normalized spacial score (nSPS) is 14.3. The van der Waals surface area contributed by atoms with Crippen molar-refractivity contribution in [3.63, 3.8) is 0 Å². The Labute approximate surface area is 153 Å². The molecule has 0 spiro atoms. The molecule has 26 heavy (non-hydrogen) atoms. The number of hydrogen-bond acceptors (Lipinski definition) is 7. The minimum Gasteiger partial charge on any atom is -0.457 e. The van der Waals surface area contributed by atoms with E-state index in [1.165, 1.54) is 12.8 Å². The molecule has 2 aromatic rings. The molecule has 0 saturated heterocycles. The van der Waals surface area contributed by atoms with Crippen molar-refractivity contribution in [1.82, 2.24) is 15.0 Å². The molecule has 7 heteroatoms. The number of rotatable bonds is 7. The van der Waals surface area contributed by atoms with E-state index < -0.39 is 0 Å². The highest BCUT2D eigenvalue weighted by Gasteiger charge is 2.19. The largest absolute Gasteiger partial charge is 0.457 e. The summed E-state index contributed by atoms with van der Waals surface area (Å²) in [4.78, 5) is 24.5. The van der Waals surface area contributed by atoms with Crippen LogP contribution in [0.2, 0.25) is 0 Å². The molecule has 7 nitrogen and oxygen atoms in total. The van der Waals surface area contributed by atoms with Gasteiger partial charge in [0.25, 0.3) is 0 Å². The van der Waals surface area contributed by atoms with Gasteiger partial charge < -0.3 is 15.8 Å². The van der Waals surface area contributed by atoms with Crippen molar-refractivity contribution in [2.75, 3.05) is 11.1 Å². The van der Waals surface area contributed by atoms with Crippen molar-refractivity contribution in [2.45, 2.75) is 52.1 Å². The molecule has 1 aliphatic rings. The molecule has 1 aromatic heterocycles. The van der Waals surface area contributed by atoms with E-state index in [0.29, 0.717) is 24.1 Å². The number of para-hydroxylation sites is 1. The molecule has 0 atom stereocenters. The number of esters is 1. The quantitative estimate of drug-likeness (QED) is 0.734. The first-order valence-corrected chi connectivity index (χ1v) is 9.15. The van der Waals surface area contributed by atoms with Crippen molar-refractivity contribution in [1.29, 1.82) is 0 Å². The van der Waals surface area contributed by atoms with Gasteiger partial charge in [0.05, 0.1) is 0 Å². The molecule has 0 radical (unpaired) electrons. The number of carbonyl (C=O) groups excluding carboxylic acids is 1. The Bertz CT molecular complexity index is 759. The minimum absolute atomic E-state index is 0.00236. The minimum atomic E-state index is -0.207. The van der Waals surface area contributed by atoms with Crippen molar-refractivity contribution < 1.29 is 9.53 Å². The Balaban J connectivity index is 1.62. The highest BCUT2D eigenvalue weighted by molar-refractivity contribution is 5.69. The molecule has 1 fully saturated rings. The monoisotopic (exact) mass is 355 g/mol. The van der Waals surface area contributed by atoms with Gasteiger partial charge >= 0.3 is 5.97 Å². The highest BCUT2D eigenvalue weighted by atomic mass is 16.5. The maximum Gasteiger partial charge on any atom is 0.306 e. The summed E-state index contributed by atoms with van der Waals surface area (Å²) in [6, 6.07) is 7.93. The van der Waals surface area contributed by atoms with Crippen LogP contribution in [0.5, 0.6) is 0 Å². The second kappa shape index (κ2) is 8.60. The van der Waals surface area contributed by atoms with Crippen LogP contribution in [0.15, 0.2) is 24.3 Å². The SMILES string of the molecule is CCc1ccccc1Nc1nc(N)nc(COC(=O)CC2CCCC2)n1. The fourth-order valence-corrected chi connectivity index (χ4v) is 3.28. The summed E-state index contributed by atoms with van der Waals surface area (Å²) in [6.45, 7) is 2.08. The molecule has 0 bridgehead atoms. The average molecular weight is 355 g/mol. The zero-order chi connectivity index (χ0) is 18.4. The van der Waals surface area contributed by atoms with E-state index in [-0.39, 0.29) is 18.5 Å². The number of carbonyl (C=O) groups is 1. The zero-order valence-electron chi connectivity index (χ0n) is 15.1. The van der Waals surface area contributed by atoms with Crippen LogP contribution in [0, 0.1) is 5.92 Å². The summed E-state index contributed by atoms with van der Waals surface area (Å²) in [7, 11) is 0. The lowest BCUT2D eigenvalue weighted by atomic mass is 10.1. The van der Waals surface area contributed by atoms with E-state index in [0.717, 1.165) is 30.5 Å². The Morgan fingerprint density at radius 1 is 1.23 bits per heavy atom. The van der Waals surface area contributed by atoms with Gasteiger partial charge in [-0.1, -0.05) is 38.0 Å². The first-order valence-electron chi connectivity index (χ1n) is 9.15. The van der Waals surface area contributed by atoms with Crippen LogP contribution in [0.25, 0.3) is 0 Å². The second-order valence-corrected chi connectivity index (χ2v) is 6.58. The molecule has 1 aliphatic carbocycles. The summed E-state index contributed by atoms with van der Waals surface area (Å²) in [6.07, 6.45) is 5.98. The van der Waals surface area contributed by atoms with Gasteiger partial charge in [-0.25, -0.2) is 0 Å². The van der Waals surface area contributed by atoms with Gasteiger partial charge in [0, 0.05) is 12.1 Å². The van der Waals surface area contributed by atoms with E-state index >= 15 is 0 Å². The van der Waals surface area contributed by atoms with Gasteiger partial charge in [-0.2, -0.15) is 15.0 Å². The predicted molar refractivity (Wildman–Crippen MR) is 99.7 cm³/mol. The fraction of sp³-hybridized carbons (Fsp3) is 0.474. The van der Waals surface area contributed by atoms with Crippen LogP contribution in [-0.2, 0) is 22.6 Å². The third kappa shape index (κ3) is 4.91. The van der Waals surface area contributed by atoms with Crippen LogP contribution in [-0.4, -0.2) is 20.9 Å². The van der Waals surface area contributed by atoms with Gasteiger partial charge in [-0.15, -0.1) is 0 Å². The molecular weight excluding hydrogens is 330 g/mol. The third-order valence-corrected chi connectivity index (χ3v) is 4.64. The number of nitrogens with zero attached hydrogens (tertiary/aromatic N) is 3. The zero-order valence-corrected chi connectivity index (χ0v) is 15.1. The van der Waals surface area contributed by atoms with Gasteiger partial charge in [-0.3, -0.25) is 4.79 Å². The van der Waals surface area contributed by atoms with Crippen LogP contribution in [0.3, 0.4) is 0 Å². The standard InChI is InChI=1S/C19H25N5O2/c1-2-14-9-5-6-10-15(14)21-19-23-16(22-18(20)24-19)12-26-17(25)11-13-7-3-4-8-13/h5-6,9-10,13H,2-4,7-8,11-12H2,1H3,(H3,20,21,22,23,24). The summed E-state index contributed by atoms with van der Waals surface area (Å²) >= 11 is 0. The maximum atomic E-state index is 12.0. The smallest absolute Gasteiger partial charge is 0.306 e. The van der Waals surface area contributed by atoms with E-state index in [1.807, 2.05) is 24.3 Å². The molecule has 138 valence electrons. The number of anilines is 3. The van der Waals surface area contributed by atoms with Crippen LogP contribution < -0.4 is 11.1 Å². The third-order valence-electron chi connectivity index (χ3n) is 4.64. The Morgan fingerprint density at radius 2 is 2.00 bits per heavy atom. The summed E-state index contributed by atoms with van der Waals surface area (Å²) < 4.78 is 5.32. The molecule has 3 rings (SSSR count). The molecular formula is C19H25N5O2. The van der Waals surface area contributed by atoms with Gasteiger partial charge in [0.2, 0.25) is 11.9 Å². The van der Waals surface area contributed by atoms with Crippen molar-refractivity contribution in [3.8, 4) is 0 Å². The van der Waals surface area contributed by atoms with Gasteiger partial charge in [-0.05, 0) is 36.8 Å². The second-order valence-electron chi connectivity index (χ2n) is 6.58. The lowest BCUT2D eigenvalue weighted by Crippen LogP contribution is -2.13. The van der Waals surface area contributed by atoms with Crippen LogP contribution in [0.1, 0.15) is 50.4 Å². The number of hydrogen-bond donors (Lipinski definition) is 2. The van der Waals surface area contributed by atoms with Crippen LogP contribution in [0.4, 0.5) is 17.6 Å². The molecule has 0 aliphatic heterocycles. The van der Waals surface area contributed by atoms with E-state index in [4.69, 9.17) is 10.5 Å². The molecule has 1 saturated carbocycles. The van der Waals surface area contributed by atoms with Crippen molar-refractivity contribution in [3.05, 3.63) is 35.7 Å². The van der Waals surface area contributed by atoms with E-state index in [1.54, 1.807) is 0 Å². The van der Waals surface area contributed by atoms with E-state index in [9.17, 15) is 4.79 Å². The van der Waals surface area contributed by atoms with Gasteiger partial charge in [0.1, 0.15) is 0 Å². The first kappa shape index (κ1) is 18.1. The predicted octanol–water partition coefficient (Wildman–Crippen LogP) is 3.38. The summed E-state index contributed by atoms with van der Waals surface area (Å²) in [5.74, 6) is 1.03. The average Bonchev–Trinajstić information content (AvgIpc) is 3.13. The molecule has 0 amide bonds. The molecule has 1 heterocycles. The number of ether oxygens (including phenoxy) is 1. The Morgan fingerprint density at radius 3 is 2.77 bits per heavy atom. The molecule has 1 aromatic carbocycles. The first-order chi connectivity index (χ1) is 12.6. The fourth-order valence-electron chi connectivity index (χ4n) is 3.28. The Kier molecular flexibility index (Phi) is 5.99. The Hall–Kier alpha value is -2.70. The number of benzene rings is 1. The number of aromatic nitrogens is 3. The lowest BCUT2D eigenvalue weighted by Gasteiger charge is -2.11. The number of aryl methyl sites for hydroxylation is 1. The number of nitrogen functional groups attached to an aromatic ring is 1. The van der Waals surface area contributed by atoms with Crippen LogP contribution >= 0.6 is 0 Å². The summed E-state index contributed by atoms with van der Waals surface area (Å²) in [5.41, 5.74) is 7.85. The topological polar surface area (TPSA) is 103 Å².